The maximum atomic E-state index is 12.9. The van der Waals surface area contributed by atoms with Gasteiger partial charge in [-0.3, -0.25) is 4.79 Å². The number of ether oxygens (including phenoxy) is 1. The number of carbonyl (C=O) groups is 2. The van der Waals surface area contributed by atoms with Crippen molar-refractivity contribution in [3.8, 4) is 18.1 Å². The minimum absolute atomic E-state index is 0.0890. The van der Waals surface area contributed by atoms with E-state index in [1.165, 1.54) is 0 Å². The van der Waals surface area contributed by atoms with Gasteiger partial charge in [0.2, 0.25) is 0 Å². The predicted molar refractivity (Wildman–Crippen MR) is 114 cm³/mol. The molecule has 1 heterocycles. The van der Waals surface area contributed by atoms with Crippen LogP contribution in [0.2, 0.25) is 5.02 Å². The van der Waals surface area contributed by atoms with Gasteiger partial charge in [0, 0.05) is 10.6 Å². The highest BCUT2D eigenvalue weighted by molar-refractivity contribution is 6.31. The van der Waals surface area contributed by atoms with Crippen LogP contribution in [0.3, 0.4) is 0 Å². The molecular formula is C23H15ClN2O3. The Morgan fingerprint density at radius 1 is 1.07 bits per heavy atom. The van der Waals surface area contributed by atoms with Crippen molar-refractivity contribution in [3.05, 3.63) is 76.9 Å². The van der Waals surface area contributed by atoms with E-state index in [0.717, 1.165) is 15.7 Å². The number of nitrogens with one attached hydrogen (secondary N) is 1. The molecule has 1 aliphatic heterocycles. The van der Waals surface area contributed by atoms with E-state index in [1.807, 2.05) is 30.3 Å². The van der Waals surface area contributed by atoms with Crippen LogP contribution in [0.15, 0.2) is 66.4 Å². The molecule has 1 aliphatic rings. The van der Waals surface area contributed by atoms with Crippen LogP contribution in [0.5, 0.6) is 5.75 Å². The molecule has 0 spiro atoms. The third kappa shape index (κ3) is 3.54. The van der Waals surface area contributed by atoms with Crippen LogP contribution >= 0.6 is 11.6 Å². The highest BCUT2D eigenvalue weighted by Crippen LogP contribution is 2.32. The first-order chi connectivity index (χ1) is 14.1. The van der Waals surface area contributed by atoms with E-state index in [1.54, 1.807) is 36.4 Å². The molecule has 142 valence electrons. The molecule has 29 heavy (non-hydrogen) atoms. The second kappa shape index (κ2) is 7.70. The minimum atomic E-state index is -0.532. The van der Waals surface area contributed by atoms with Crippen molar-refractivity contribution >= 4 is 46.1 Å². The van der Waals surface area contributed by atoms with Gasteiger partial charge in [-0.05, 0) is 47.2 Å². The second-order valence-electron chi connectivity index (χ2n) is 6.30. The molecule has 3 aromatic rings. The van der Waals surface area contributed by atoms with Crippen molar-refractivity contribution in [3.63, 3.8) is 0 Å². The summed E-state index contributed by atoms with van der Waals surface area (Å²) < 4.78 is 5.66. The summed E-state index contributed by atoms with van der Waals surface area (Å²) in [5.74, 6) is 2.50. The molecule has 1 fully saturated rings. The van der Waals surface area contributed by atoms with Gasteiger partial charge in [-0.25, -0.2) is 9.69 Å². The van der Waals surface area contributed by atoms with E-state index in [-0.39, 0.29) is 12.3 Å². The maximum absolute atomic E-state index is 12.9. The van der Waals surface area contributed by atoms with Crippen molar-refractivity contribution in [1.29, 1.82) is 0 Å². The summed E-state index contributed by atoms with van der Waals surface area (Å²) in [6, 6.07) is 17.3. The highest BCUT2D eigenvalue weighted by atomic mass is 35.5. The van der Waals surface area contributed by atoms with Gasteiger partial charge in [-0.15, -0.1) is 6.42 Å². The van der Waals surface area contributed by atoms with Crippen molar-refractivity contribution in [2.75, 3.05) is 11.5 Å². The molecule has 3 amide bonds. The lowest BCUT2D eigenvalue weighted by molar-refractivity contribution is -0.113. The Labute approximate surface area is 172 Å². The van der Waals surface area contributed by atoms with Crippen molar-refractivity contribution in [2.24, 2.45) is 0 Å². The monoisotopic (exact) mass is 402 g/mol. The molecule has 0 bridgehead atoms. The molecule has 0 aromatic heterocycles. The number of nitrogens with zero attached hydrogens (tertiary/aromatic N) is 1. The van der Waals surface area contributed by atoms with Crippen LogP contribution in [0.4, 0.5) is 10.5 Å². The van der Waals surface area contributed by atoms with Gasteiger partial charge in [0.1, 0.15) is 18.1 Å². The van der Waals surface area contributed by atoms with Gasteiger partial charge in [0.15, 0.2) is 0 Å². The molecule has 5 nitrogen and oxygen atoms in total. The van der Waals surface area contributed by atoms with Gasteiger partial charge < -0.3 is 10.1 Å². The van der Waals surface area contributed by atoms with E-state index in [2.05, 4.69) is 11.2 Å². The lowest BCUT2D eigenvalue weighted by Crippen LogP contribution is -2.30. The normalized spacial score (nSPS) is 14.9. The Morgan fingerprint density at radius 2 is 1.83 bits per heavy atom. The number of rotatable bonds is 4. The summed E-state index contributed by atoms with van der Waals surface area (Å²) >= 11 is 5.90. The number of benzene rings is 3. The molecule has 0 aliphatic carbocycles. The maximum Gasteiger partial charge on any atom is 0.333 e. The lowest BCUT2D eigenvalue weighted by Gasteiger charge is -2.12. The number of carbonyl (C=O) groups excluding carboxylic acids is 2. The van der Waals surface area contributed by atoms with Crippen LogP contribution in [0, 0.1) is 12.3 Å². The lowest BCUT2D eigenvalue weighted by atomic mass is 10.0. The molecular weight excluding hydrogens is 388 g/mol. The first-order valence-corrected chi connectivity index (χ1v) is 9.17. The third-order valence-electron chi connectivity index (χ3n) is 4.49. The summed E-state index contributed by atoms with van der Waals surface area (Å²) in [7, 11) is 0. The van der Waals surface area contributed by atoms with Crippen molar-refractivity contribution in [2.45, 2.75) is 0 Å². The first-order valence-electron chi connectivity index (χ1n) is 8.79. The van der Waals surface area contributed by atoms with Crippen LogP contribution in [-0.2, 0) is 4.79 Å². The van der Waals surface area contributed by atoms with Crippen molar-refractivity contribution < 1.29 is 14.3 Å². The Kier molecular flexibility index (Phi) is 4.94. The average molecular weight is 403 g/mol. The standard InChI is InChI=1S/C23H15ClN2O3/c1-2-13-29-21-12-7-15-5-3-4-6-18(15)19(21)14-20-22(27)26(23(28)25-20)17-10-8-16(24)9-11-17/h1,3-12,14H,13H2,(H,25,28)/b20-14+. The Bertz CT molecular complexity index is 1190. The molecule has 1 saturated heterocycles. The van der Waals surface area contributed by atoms with Gasteiger partial charge in [0.05, 0.1) is 5.69 Å². The largest absolute Gasteiger partial charge is 0.480 e. The van der Waals surface area contributed by atoms with Crippen LogP contribution in [0.1, 0.15) is 5.56 Å². The Balaban J connectivity index is 1.79. The number of fused-ring (bicyclic) bond motifs is 1. The van der Waals surface area contributed by atoms with E-state index in [4.69, 9.17) is 22.8 Å². The Morgan fingerprint density at radius 3 is 2.59 bits per heavy atom. The van der Waals surface area contributed by atoms with E-state index in [9.17, 15) is 9.59 Å². The topological polar surface area (TPSA) is 58.6 Å². The highest BCUT2D eigenvalue weighted by Gasteiger charge is 2.35. The smallest absolute Gasteiger partial charge is 0.333 e. The summed E-state index contributed by atoms with van der Waals surface area (Å²) in [6.07, 6.45) is 6.93. The molecule has 1 N–H and O–H groups in total. The zero-order valence-electron chi connectivity index (χ0n) is 15.2. The average Bonchev–Trinajstić information content (AvgIpc) is 3.01. The molecule has 4 rings (SSSR count). The number of urea groups is 1. The zero-order valence-corrected chi connectivity index (χ0v) is 15.9. The van der Waals surface area contributed by atoms with Gasteiger partial charge in [-0.2, -0.15) is 0 Å². The zero-order chi connectivity index (χ0) is 20.4. The molecule has 0 unspecified atom stereocenters. The van der Waals surface area contributed by atoms with Crippen LogP contribution < -0.4 is 15.0 Å². The van der Waals surface area contributed by atoms with Crippen LogP contribution in [-0.4, -0.2) is 18.5 Å². The number of hydrogen-bond acceptors (Lipinski definition) is 3. The number of terminal acetylenes is 1. The Hall–Kier alpha value is -3.75. The van der Waals surface area contributed by atoms with Gasteiger partial charge in [0.25, 0.3) is 5.91 Å². The number of hydrogen-bond donors (Lipinski definition) is 1. The summed E-state index contributed by atoms with van der Waals surface area (Å²) in [4.78, 5) is 26.5. The fourth-order valence-corrected chi connectivity index (χ4v) is 3.30. The molecule has 0 atom stereocenters. The quantitative estimate of drug-likeness (QED) is 0.394. The second-order valence-corrected chi connectivity index (χ2v) is 6.73. The van der Waals surface area contributed by atoms with Gasteiger partial charge in [-0.1, -0.05) is 47.9 Å². The number of amides is 3. The number of anilines is 1. The summed E-state index contributed by atoms with van der Waals surface area (Å²) in [6.45, 7) is 0.0890. The first kappa shape index (κ1) is 18.6. The SMILES string of the molecule is C#CCOc1ccc2ccccc2c1/C=C1/NC(=O)N(c2ccc(Cl)cc2)C1=O. The molecule has 3 aromatic carbocycles. The fraction of sp³-hybridized carbons (Fsp3) is 0.0435. The fourth-order valence-electron chi connectivity index (χ4n) is 3.17. The summed E-state index contributed by atoms with van der Waals surface area (Å²) in [5, 5.41) is 5.00. The van der Waals surface area contributed by atoms with Crippen LogP contribution in [0.25, 0.3) is 16.8 Å². The van der Waals surface area contributed by atoms with Crippen molar-refractivity contribution in [1.82, 2.24) is 5.32 Å². The third-order valence-corrected chi connectivity index (χ3v) is 4.75. The van der Waals surface area contributed by atoms with E-state index >= 15 is 0 Å². The predicted octanol–water partition coefficient (Wildman–Crippen LogP) is 4.60. The number of imide groups is 1. The summed E-state index contributed by atoms with van der Waals surface area (Å²) in [5.41, 5.74) is 1.24. The van der Waals surface area contributed by atoms with Gasteiger partial charge >= 0.3 is 6.03 Å². The van der Waals surface area contributed by atoms with E-state index in [0.29, 0.717) is 22.0 Å². The van der Waals surface area contributed by atoms with E-state index < -0.39 is 11.9 Å². The molecule has 0 radical (unpaired) electrons. The minimum Gasteiger partial charge on any atom is -0.480 e. The molecule has 0 saturated carbocycles. The molecule has 6 heteroatoms. The number of halogens is 1.